The molecule has 0 saturated carbocycles. The lowest BCUT2D eigenvalue weighted by Gasteiger charge is -2.33. The van der Waals surface area contributed by atoms with E-state index < -0.39 is 29.4 Å². The van der Waals surface area contributed by atoms with Crippen molar-refractivity contribution in [2.45, 2.75) is 38.0 Å². The standard InChI is InChI=1S/C33H28F7NO2/c34-13-2-14-41-18-21(19-41)15-20-5-7-22(8-6-20)30-26(4-1-3-23-16-25(31(42)43)9-11-27(23)30)24-10-12-28(32(35,36)37)29(17-24)33(38,39)40/h5-12,15-17H,1-4,13-14,18-19H2,(H,42,43). The lowest BCUT2D eigenvalue weighted by molar-refractivity contribution is -0.162. The van der Waals surface area contributed by atoms with Crippen molar-refractivity contribution in [2.75, 3.05) is 26.3 Å². The van der Waals surface area contributed by atoms with Gasteiger partial charge in [0.05, 0.1) is 23.4 Å². The average molecular weight is 604 g/mol. The summed E-state index contributed by atoms with van der Waals surface area (Å²) in [6, 6.07) is 14.1. The molecule has 0 bridgehead atoms. The number of likely N-dealkylation sites (tertiary alicyclic amines) is 1. The van der Waals surface area contributed by atoms with Crippen LogP contribution in [0.2, 0.25) is 0 Å². The molecule has 1 aliphatic heterocycles. The van der Waals surface area contributed by atoms with Gasteiger partial charge in [-0.15, -0.1) is 0 Å². The molecule has 0 unspecified atom stereocenters. The van der Waals surface area contributed by atoms with Crippen LogP contribution < -0.4 is 0 Å². The molecule has 3 aromatic carbocycles. The van der Waals surface area contributed by atoms with E-state index in [1.54, 1.807) is 12.1 Å². The third-order valence-corrected chi connectivity index (χ3v) is 7.81. The molecule has 0 aromatic heterocycles. The molecule has 3 aromatic rings. The second-order valence-corrected chi connectivity index (χ2v) is 10.8. The summed E-state index contributed by atoms with van der Waals surface area (Å²) >= 11 is 0. The number of hydrogen-bond donors (Lipinski definition) is 1. The first-order valence-electron chi connectivity index (χ1n) is 13.8. The highest BCUT2D eigenvalue weighted by Crippen LogP contribution is 2.45. The van der Waals surface area contributed by atoms with Crippen LogP contribution in [0.5, 0.6) is 0 Å². The Balaban J connectivity index is 1.62. The van der Waals surface area contributed by atoms with Gasteiger partial charge in [-0.3, -0.25) is 9.29 Å². The van der Waals surface area contributed by atoms with Gasteiger partial charge in [0.2, 0.25) is 0 Å². The number of aromatic carboxylic acids is 1. The van der Waals surface area contributed by atoms with Crippen LogP contribution >= 0.6 is 0 Å². The maximum absolute atomic E-state index is 13.9. The molecule has 0 radical (unpaired) electrons. The Kier molecular flexibility index (Phi) is 8.51. The number of nitrogens with zero attached hydrogens (tertiary/aromatic N) is 1. The summed E-state index contributed by atoms with van der Waals surface area (Å²) in [6.45, 7) is 1.81. The van der Waals surface area contributed by atoms with Crippen molar-refractivity contribution in [3.8, 4) is 0 Å². The Labute approximate surface area is 244 Å². The zero-order chi connectivity index (χ0) is 30.9. The van der Waals surface area contributed by atoms with Crippen molar-refractivity contribution >= 4 is 23.2 Å². The minimum Gasteiger partial charge on any atom is -0.478 e. The van der Waals surface area contributed by atoms with Gasteiger partial charge in [0.25, 0.3) is 0 Å². The second kappa shape index (κ2) is 12.0. The van der Waals surface area contributed by atoms with Gasteiger partial charge < -0.3 is 5.11 Å². The Morgan fingerprint density at radius 2 is 1.51 bits per heavy atom. The Hall–Kier alpha value is -3.92. The fourth-order valence-corrected chi connectivity index (χ4v) is 5.80. The molecular formula is C33H28F7NO2. The van der Waals surface area contributed by atoms with E-state index >= 15 is 0 Å². The van der Waals surface area contributed by atoms with E-state index in [0.717, 1.165) is 24.7 Å². The van der Waals surface area contributed by atoms with E-state index in [4.69, 9.17) is 0 Å². The first kappa shape index (κ1) is 30.5. The molecule has 1 aliphatic carbocycles. The number of aryl methyl sites for hydroxylation is 1. The number of hydrogen-bond acceptors (Lipinski definition) is 2. The average Bonchev–Trinajstić information content (AvgIpc) is 3.12. The molecule has 10 heteroatoms. The quantitative estimate of drug-likeness (QED) is 0.275. The number of halogens is 7. The van der Waals surface area contributed by atoms with E-state index in [9.17, 15) is 40.6 Å². The van der Waals surface area contributed by atoms with Gasteiger partial charge in [0, 0.05) is 19.6 Å². The highest BCUT2D eigenvalue weighted by atomic mass is 19.4. The van der Waals surface area contributed by atoms with Gasteiger partial charge >= 0.3 is 18.3 Å². The Morgan fingerprint density at radius 1 is 0.837 bits per heavy atom. The molecular weight excluding hydrogens is 575 g/mol. The summed E-state index contributed by atoms with van der Waals surface area (Å²) in [7, 11) is 0. The third-order valence-electron chi connectivity index (χ3n) is 7.81. The number of carboxylic acid groups (broad SMARTS) is 1. The van der Waals surface area contributed by atoms with Crippen molar-refractivity contribution in [1.29, 1.82) is 0 Å². The van der Waals surface area contributed by atoms with E-state index in [2.05, 4.69) is 4.90 Å². The zero-order valence-corrected chi connectivity index (χ0v) is 23.0. The topological polar surface area (TPSA) is 40.5 Å². The monoisotopic (exact) mass is 603 g/mol. The number of benzene rings is 3. The summed E-state index contributed by atoms with van der Waals surface area (Å²) in [4.78, 5) is 13.8. The maximum Gasteiger partial charge on any atom is 0.417 e. The van der Waals surface area contributed by atoms with Crippen LogP contribution in [0.1, 0.15) is 68.6 Å². The summed E-state index contributed by atoms with van der Waals surface area (Å²) in [5, 5.41) is 9.52. The molecule has 3 nitrogen and oxygen atoms in total. The van der Waals surface area contributed by atoms with E-state index in [0.29, 0.717) is 65.8 Å². The number of allylic oxidation sites excluding steroid dienone is 1. The van der Waals surface area contributed by atoms with Crippen molar-refractivity contribution in [3.05, 3.63) is 111 Å². The van der Waals surface area contributed by atoms with Crippen molar-refractivity contribution in [2.24, 2.45) is 0 Å². The molecule has 0 spiro atoms. The Morgan fingerprint density at radius 3 is 2.14 bits per heavy atom. The number of alkyl halides is 7. The van der Waals surface area contributed by atoms with Crippen molar-refractivity contribution in [3.63, 3.8) is 0 Å². The molecule has 226 valence electrons. The first-order valence-corrected chi connectivity index (χ1v) is 13.8. The molecule has 1 fully saturated rings. The highest BCUT2D eigenvalue weighted by Gasteiger charge is 2.43. The fraction of sp³-hybridized carbons (Fsp3) is 0.303. The van der Waals surface area contributed by atoms with E-state index in [-0.39, 0.29) is 24.2 Å². The first-order chi connectivity index (χ1) is 20.3. The van der Waals surface area contributed by atoms with Crippen LogP contribution in [0.3, 0.4) is 0 Å². The van der Waals surface area contributed by atoms with Gasteiger partial charge in [-0.2, -0.15) is 26.3 Å². The van der Waals surface area contributed by atoms with Crippen molar-refractivity contribution in [1.82, 2.24) is 4.90 Å². The van der Waals surface area contributed by atoms with Crippen molar-refractivity contribution < 1.29 is 40.6 Å². The lowest BCUT2D eigenvalue weighted by atomic mass is 9.86. The van der Waals surface area contributed by atoms with E-state index in [1.807, 2.05) is 30.3 Å². The van der Waals surface area contributed by atoms with Crippen LogP contribution in [0, 0.1) is 0 Å². The van der Waals surface area contributed by atoms with E-state index in [1.165, 1.54) is 11.6 Å². The summed E-state index contributed by atoms with van der Waals surface area (Å²) < 4.78 is 94.5. The predicted molar refractivity (Wildman–Crippen MR) is 150 cm³/mol. The van der Waals surface area contributed by atoms with Gasteiger partial charge in [0.1, 0.15) is 0 Å². The van der Waals surface area contributed by atoms with Gasteiger partial charge in [-0.25, -0.2) is 4.79 Å². The zero-order valence-electron chi connectivity index (χ0n) is 23.0. The summed E-state index contributed by atoms with van der Waals surface area (Å²) in [6.07, 6.45) is -6.72. The van der Waals surface area contributed by atoms with Crippen LogP contribution in [0.4, 0.5) is 30.7 Å². The number of fused-ring (bicyclic) bond motifs is 1. The minimum atomic E-state index is -5.22. The summed E-state index contributed by atoms with van der Waals surface area (Å²) in [5.74, 6) is -1.12. The van der Waals surface area contributed by atoms with Crippen LogP contribution in [-0.4, -0.2) is 42.3 Å². The smallest absolute Gasteiger partial charge is 0.417 e. The second-order valence-electron chi connectivity index (χ2n) is 10.8. The largest absolute Gasteiger partial charge is 0.478 e. The number of carbonyl (C=O) groups is 1. The van der Waals surface area contributed by atoms with Gasteiger partial charge in [0.15, 0.2) is 0 Å². The summed E-state index contributed by atoms with van der Waals surface area (Å²) in [5.41, 5.74) is 1.65. The molecule has 1 heterocycles. The molecule has 1 saturated heterocycles. The molecule has 2 aliphatic rings. The Bertz CT molecular complexity index is 1580. The van der Waals surface area contributed by atoms with Crippen LogP contribution in [0.15, 0.2) is 66.2 Å². The highest BCUT2D eigenvalue weighted by molar-refractivity contribution is 6.01. The lowest BCUT2D eigenvalue weighted by Crippen LogP contribution is -2.40. The molecule has 1 N–H and O–H groups in total. The molecule has 0 atom stereocenters. The molecule has 5 rings (SSSR count). The molecule has 43 heavy (non-hydrogen) atoms. The molecule has 0 amide bonds. The van der Waals surface area contributed by atoms with Gasteiger partial charge in [-0.05, 0) is 94.5 Å². The third kappa shape index (κ3) is 6.69. The SMILES string of the molecule is O=C(O)c1ccc2c(c1)CCCC(c1ccc(C(F)(F)F)c(C(F)(F)F)c1)=C2c1ccc(C=C2CN(CCCF)C2)cc1. The minimum absolute atomic E-state index is 0.0273. The van der Waals surface area contributed by atoms with Crippen LogP contribution in [-0.2, 0) is 18.8 Å². The fourth-order valence-electron chi connectivity index (χ4n) is 5.80. The predicted octanol–water partition coefficient (Wildman–Crippen LogP) is 8.78. The maximum atomic E-state index is 13.9. The van der Waals surface area contributed by atoms with Gasteiger partial charge in [-0.1, -0.05) is 42.5 Å². The van der Waals surface area contributed by atoms with Crippen LogP contribution in [0.25, 0.3) is 17.2 Å². The number of carboxylic acids is 1. The normalized spacial score (nSPS) is 16.0. The number of rotatable bonds is 7.